The van der Waals surface area contributed by atoms with E-state index in [9.17, 15) is 4.79 Å². The van der Waals surface area contributed by atoms with Gasteiger partial charge in [-0.05, 0) is 37.0 Å². The maximum absolute atomic E-state index is 11.2. The minimum absolute atomic E-state index is 0.191. The van der Waals surface area contributed by atoms with E-state index in [1.807, 2.05) is 18.2 Å². The second kappa shape index (κ2) is 4.16. The van der Waals surface area contributed by atoms with Crippen LogP contribution in [0.5, 0.6) is 11.5 Å². The van der Waals surface area contributed by atoms with Gasteiger partial charge in [-0.15, -0.1) is 0 Å². The Kier molecular flexibility index (Phi) is 2.86. The molecule has 0 unspecified atom stereocenters. The molecule has 0 N–H and O–H groups in total. The van der Waals surface area contributed by atoms with Crippen molar-refractivity contribution >= 4 is 5.78 Å². The number of ketones is 1. The Morgan fingerprint density at radius 3 is 2.12 bits per heavy atom. The summed E-state index contributed by atoms with van der Waals surface area (Å²) in [7, 11) is 3.27. The molecule has 1 aromatic carbocycles. The van der Waals surface area contributed by atoms with Gasteiger partial charge in [0.05, 0.1) is 14.2 Å². The van der Waals surface area contributed by atoms with Gasteiger partial charge in [0.1, 0.15) is 17.3 Å². The summed E-state index contributed by atoms with van der Waals surface area (Å²) >= 11 is 0. The molecule has 2 atom stereocenters. The van der Waals surface area contributed by atoms with Gasteiger partial charge in [0.25, 0.3) is 0 Å². The molecule has 0 aromatic heterocycles. The lowest BCUT2D eigenvalue weighted by Crippen LogP contribution is -1.96. The highest BCUT2D eigenvalue weighted by Crippen LogP contribution is 2.49. The Bertz CT molecular complexity index is 389. The number of ether oxygens (including phenoxy) is 2. The van der Waals surface area contributed by atoms with Crippen molar-refractivity contribution in [1.82, 2.24) is 0 Å². The molecule has 86 valence electrons. The number of methoxy groups -OCH3 is 2. The molecule has 0 heterocycles. The molecular formula is C13H16O3. The summed E-state index contributed by atoms with van der Waals surface area (Å²) in [4.78, 5) is 11.2. The van der Waals surface area contributed by atoms with Crippen molar-refractivity contribution in [3.8, 4) is 11.5 Å². The molecule has 1 aliphatic rings. The summed E-state index contributed by atoms with van der Waals surface area (Å²) in [5.41, 5.74) is 1.14. The number of benzene rings is 1. The van der Waals surface area contributed by atoms with Crippen LogP contribution in [-0.2, 0) is 4.79 Å². The number of hydrogen-bond acceptors (Lipinski definition) is 3. The van der Waals surface area contributed by atoms with Crippen molar-refractivity contribution in [2.45, 2.75) is 19.3 Å². The van der Waals surface area contributed by atoms with E-state index < -0.39 is 0 Å². The molecule has 3 nitrogen and oxygen atoms in total. The van der Waals surface area contributed by atoms with Crippen LogP contribution in [0.1, 0.15) is 24.8 Å². The third-order valence-corrected chi connectivity index (χ3v) is 3.11. The van der Waals surface area contributed by atoms with Crippen LogP contribution in [0.4, 0.5) is 0 Å². The lowest BCUT2D eigenvalue weighted by Gasteiger charge is -2.07. The summed E-state index contributed by atoms with van der Waals surface area (Å²) in [5, 5.41) is 0. The largest absolute Gasteiger partial charge is 0.497 e. The summed E-state index contributed by atoms with van der Waals surface area (Å²) in [6, 6.07) is 5.81. The smallest absolute Gasteiger partial charge is 0.133 e. The third-order valence-electron chi connectivity index (χ3n) is 3.11. The van der Waals surface area contributed by atoms with Crippen molar-refractivity contribution in [2.75, 3.05) is 14.2 Å². The van der Waals surface area contributed by atoms with Gasteiger partial charge in [0, 0.05) is 12.0 Å². The second-order valence-corrected chi connectivity index (χ2v) is 4.21. The van der Waals surface area contributed by atoms with Crippen LogP contribution >= 0.6 is 0 Å². The van der Waals surface area contributed by atoms with Gasteiger partial charge in [-0.3, -0.25) is 4.79 Å². The molecular weight excluding hydrogens is 204 g/mol. The molecule has 0 radical (unpaired) electrons. The minimum Gasteiger partial charge on any atom is -0.497 e. The van der Waals surface area contributed by atoms with E-state index in [1.54, 1.807) is 21.1 Å². The van der Waals surface area contributed by atoms with E-state index in [1.165, 1.54) is 0 Å². The zero-order chi connectivity index (χ0) is 11.7. The van der Waals surface area contributed by atoms with Crippen molar-refractivity contribution in [3.63, 3.8) is 0 Å². The molecule has 0 saturated heterocycles. The fraction of sp³-hybridized carbons (Fsp3) is 0.462. The van der Waals surface area contributed by atoms with Crippen LogP contribution in [0.2, 0.25) is 0 Å². The van der Waals surface area contributed by atoms with Crippen LogP contribution in [-0.4, -0.2) is 20.0 Å². The highest BCUT2D eigenvalue weighted by atomic mass is 16.5. The zero-order valence-electron chi connectivity index (χ0n) is 9.82. The van der Waals surface area contributed by atoms with Gasteiger partial charge in [0.2, 0.25) is 0 Å². The van der Waals surface area contributed by atoms with Gasteiger partial charge in [-0.1, -0.05) is 0 Å². The van der Waals surface area contributed by atoms with Crippen LogP contribution in [0.15, 0.2) is 18.2 Å². The minimum atomic E-state index is 0.191. The molecule has 2 rings (SSSR count). The van der Waals surface area contributed by atoms with E-state index in [-0.39, 0.29) is 11.7 Å². The Labute approximate surface area is 95.4 Å². The van der Waals surface area contributed by atoms with Crippen LogP contribution in [0.25, 0.3) is 0 Å². The van der Waals surface area contributed by atoms with E-state index in [4.69, 9.17) is 9.47 Å². The van der Waals surface area contributed by atoms with Crippen molar-refractivity contribution in [1.29, 1.82) is 0 Å². The Morgan fingerprint density at radius 2 is 1.75 bits per heavy atom. The van der Waals surface area contributed by atoms with Crippen molar-refractivity contribution in [2.24, 2.45) is 5.92 Å². The fourth-order valence-electron chi connectivity index (χ4n) is 2.06. The number of carbonyl (C=O) groups is 1. The number of rotatable bonds is 4. The van der Waals surface area contributed by atoms with E-state index in [2.05, 4.69) is 0 Å². The molecule has 1 aliphatic carbocycles. The number of carbonyl (C=O) groups excluding carboxylic acids is 1. The lowest BCUT2D eigenvalue weighted by atomic mass is 10.1. The summed E-state index contributed by atoms with van der Waals surface area (Å²) in [6.45, 7) is 1.65. The first-order valence-electron chi connectivity index (χ1n) is 5.39. The molecule has 1 fully saturated rings. The van der Waals surface area contributed by atoms with Crippen LogP contribution < -0.4 is 9.47 Å². The molecule has 1 saturated carbocycles. The van der Waals surface area contributed by atoms with E-state index in [0.29, 0.717) is 5.92 Å². The summed E-state index contributed by atoms with van der Waals surface area (Å²) < 4.78 is 10.4. The van der Waals surface area contributed by atoms with Gasteiger partial charge < -0.3 is 9.47 Å². The summed E-state index contributed by atoms with van der Waals surface area (Å²) in [5.74, 6) is 2.37. The molecule has 3 heteroatoms. The molecule has 0 bridgehead atoms. The van der Waals surface area contributed by atoms with Gasteiger partial charge >= 0.3 is 0 Å². The predicted octanol–water partition coefficient (Wildman–Crippen LogP) is 2.40. The van der Waals surface area contributed by atoms with Crippen LogP contribution in [0.3, 0.4) is 0 Å². The van der Waals surface area contributed by atoms with Gasteiger partial charge in [-0.2, -0.15) is 0 Å². The number of Topliss-reactive ketones (excluding diaryl/α,β-unsaturated/α-hetero) is 1. The third kappa shape index (κ3) is 2.03. The number of hydrogen-bond donors (Lipinski definition) is 0. The first kappa shape index (κ1) is 11.0. The average molecular weight is 220 g/mol. The van der Waals surface area contributed by atoms with E-state index >= 15 is 0 Å². The molecule has 0 aliphatic heterocycles. The fourth-order valence-corrected chi connectivity index (χ4v) is 2.06. The van der Waals surface area contributed by atoms with Gasteiger partial charge in [-0.25, -0.2) is 0 Å². The lowest BCUT2D eigenvalue weighted by molar-refractivity contribution is -0.118. The standard InChI is InChI=1S/C13H16O3/c1-8(14)12-7-13(12)9-4-10(15-2)6-11(5-9)16-3/h4-6,12-13H,7H2,1-3H3/t12-,13-/m0/s1. The molecule has 1 aromatic rings. The molecule has 0 spiro atoms. The quantitative estimate of drug-likeness (QED) is 0.781. The highest BCUT2D eigenvalue weighted by molar-refractivity contribution is 5.82. The normalized spacial score (nSPS) is 22.7. The first-order chi connectivity index (χ1) is 7.65. The predicted molar refractivity (Wildman–Crippen MR) is 61.1 cm³/mol. The Morgan fingerprint density at radius 1 is 1.19 bits per heavy atom. The monoisotopic (exact) mass is 220 g/mol. The van der Waals surface area contributed by atoms with Crippen molar-refractivity contribution in [3.05, 3.63) is 23.8 Å². The topological polar surface area (TPSA) is 35.5 Å². The average Bonchev–Trinajstić information content (AvgIpc) is 3.08. The maximum atomic E-state index is 11.2. The Hall–Kier alpha value is -1.51. The van der Waals surface area contributed by atoms with Crippen molar-refractivity contribution < 1.29 is 14.3 Å². The first-order valence-corrected chi connectivity index (χ1v) is 5.39. The Balaban J connectivity index is 2.24. The maximum Gasteiger partial charge on any atom is 0.133 e. The molecule has 0 amide bonds. The van der Waals surface area contributed by atoms with E-state index in [0.717, 1.165) is 23.5 Å². The van der Waals surface area contributed by atoms with Crippen LogP contribution in [0, 0.1) is 5.92 Å². The summed E-state index contributed by atoms with van der Waals surface area (Å²) in [6.07, 6.45) is 0.950. The molecule has 16 heavy (non-hydrogen) atoms. The zero-order valence-corrected chi connectivity index (χ0v) is 9.82. The van der Waals surface area contributed by atoms with Gasteiger partial charge in [0.15, 0.2) is 0 Å². The highest BCUT2D eigenvalue weighted by Gasteiger charge is 2.42. The second-order valence-electron chi connectivity index (χ2n) is 4.21. The SMILES string of the molecule is COc1cc(OC)cc([C@@H]2C[C@H]2C(C)=O)c1.